The highest BCUT2D eigenvalue weighted by Crippen LogP contribution is 2.28. The number of nitrogens with zero attached hydrogens (tertiary/aromatic N) is 6. The van der Waals surface area contributed by atoms with Gasteiger partial charge < -0.3 is 19.6 Å². The molecule has 0 radical (unpaired) electrons. The van der Waals surface area contributed by atoms with Gasteiger partial charge in [-0.25, -0.2) is 9.67 Å². The number of rotatable bonds is 9. The van der Waals surface area contributed by atoms with Gasteiger partial charge in [-0.3, -0.25) is 0 Å². The molecule has 2 atom stereocenters. The van der Waals surface area contributed by atoms with Gasteiger partial charge in [0, 0.05) is 48.2 Å². The molecule has 0 spiro atoms. The number of H-pyrrole nitrogens is 1. The summed E-state index contributed by atoms with van der Waals surface area (Å²) in [5, 5.41) is 17.5. The predicted octanol–water partition coefficient (Wildman–Crippen LogP) is 2.30. The second-order valence-corrected chi connectivity index (χ2v) is 7.69. The average Bonchev–Trinajstić information content (AvgIpc) is 3.57. The molecular formula is C21H26N8O. The summed E-state index contributed by atoms with van der Waals surface area (Å²) in [4.78, 5) is 7.49. The smallest absolute Gasteiger partial charge is 0.173 e. The Morgan fingerprint density at radius 2 is 2.27 bits per heavy atom. The average molecular weight is 406 g/mol. The molecule has 1 unspecified atom stereocenters. The van der Waals surface area contributed by atoms with Crippen LogP contribution in [0.25, 0.3) is 10.9 Å². The Labute approximate surface area is 174 Å². The Bertz CT molecular complexity index is 1060. The highest BCUT2D eigenvalue weighted by atomic mass is 16.5. The van der Waals surface area contributed by atoms with E-state index in [1.807, 2.05) is 23.3 Å². The van der Waals surface area contributed by atoms with Crippen molar-refractivity contribution in [3.05, 3.63) is 60.6 Å². The first-order valence-electron chi connectivity index (χ1n) is 10.5. The normalized spacial score (nSPS) is 17.7. The second-order valence-electron chi connectivity index (χ2n) is 7.69. The molecule has 9 heteroatoms. The van der Waals surface area contributed by atoms with Gasteiger partial charge in [-0.2, -0.15) is 0 Å². The number of benzene rings is 1. The molecule has 0 bridgehead atoms. The molecule has 1 aliphatic heterocycles. The number of aryl methyl sites for hydroxylation is 1. The van der Waals surface area contributed by atoms with Crippen molar-refractivity contribution in [2.75, 3.05) is 13.2 Å². The number of hydrogen-bond donors (Lipinski definition) is 2. The molecule has 1 aromatic carbocycles. The summed E-state index contributed by atoms with van der Waals surface area (Å²) in [6, 6.07) is 8.21. The first kappa shape index (κ1) is 19.0. The van der Waals surface area contributed by atoms with E-state index >= 15 is 0 Å². The van der Waals surface area contributed by atoms with E-state index in [1.165, 1.54) is 5.39 Å². The number of para-hydroxylation sites is 1. The standard InChI is InChI=1S/C21H26N8O/c1-2-7-19-17(6-1)18(13-24-19)20(23-8-4-10-28-11-9-22-15-28)21-25-26-27-29(21)14-16-5-3-12-30-16/h1-2,6-7,9,11,13,15-16,20,23-24H,3-5,8,10,12,14H2/t16-,20?/m1/s1. The molecule has 1 fully saturated rings. The number of fused-ring (bicyclic) bond motifs is 1. The van der Waals surface area contributed by atoms with E-state index in [9.17, 15) is 0 Å². The highest BCUT2D eigenvalue weighted by Gasteiger charge is 2.26. The van der Waals surface area contributed by atoms with E-state index in [4.69, 9.17) is 4.74 Å². The maximum Gasteiger partial charge on any atom is 0.173 e. The van der Waals surface area contributed by atoms with Crippen LogP contribution in [0.5, 0.6) is 0 Å². The molecule has 4 aromatic rings. The fourth-order valence-corrected chi connectivity index (χ4v) is 4.13. The number of ether oxygens (including phenoxy) is 1. The molecule has 156 valence electrons. The van der Waals surface area contributed by atoms with Crippen molar-refractivity contribution in [1.29, 1.82) is 0 Å². The number of aromatic nitrogens is 7. The van der Waals surface area contributed by atoms with Crippen molar-refractivity contribution in [1.82, 2.24) is 40.1 Å². The third kappa shape index (κ3) is 3.99. The van der Waals surface area contributed by atoms with E-state index < -0.39 is 0 Å². The number of hydrogen-bond acceptors (Lipinski definition) is 6. The zero-order valence-corrected chi connectivity index (χ0v) is 16.8. The lowest BCUT2D eigenvalue weighted by molar-refractivity contribution is 0.0923. The summed E-state index contributed by atoms with van der Waals surface area (Å²) in [6.45, 7) is 3.24. The highest BCUT2D eigenvalue weighted by molar-refractivity contribution is 5.83. The lowest BCUT2D eigenvalue weighted by Crippen LogP contribution is -2.29. The van der Waals surface area contributed by atoms with Crippen LogP contribution >= 0.6 is 0 Å². The van der Waals surface area contributed by atoms with Crippen LogP contribution in [0.1, 0.15) is 36.7 Å². The Morgan fingerprint density at radius 3 is 3.13 bits per heavy atom. The van der Waals surface area contributed by atoms with Gasteiger partial charge in [0.15, 0.2) is 5.82 Å². The van der Waals surface area contributed by atoms with Gasteiger partial charge in [0.25, 0.3) is 0 Å². The summed E-state index contributed by atoms with van der Waals surface area (Å²) in [6.07, 6.45) is 11.0. The van der Waals surface area contributed by atoms with Crippen LogP contribution in [0.2, 0.25) is 0 Å². The Hall–Kier alpha value is -3.04. The molecule has 0 saturated carbocycles. The molecular weight excluding hydrogens is 380 g/mol. The van der Waals surface area contributed by atoms with Crippen molar-refractivity contribution in [3.8, 4) is 0 Å². The van der Waals surface area contributed by atoms with Crippen LogP contribution in [0.3, 0.4) is 0 Å². The van der Waals surface area contributed by atoms with Gasteiger partial charge in [0.2, 0.25) is 0 Å². The molecule has 2 N–H and O–H groups in total. The molecule has 3 aromatic heterocycles. The Kier molecular flexibility index (Phi) is 5.54. The number of aromatic amines is 1. The molecule has 0 aliphatic carbocycles. The fourth-order valence-electron chi connectivity index (χ4n) is 4.13. The van der Waals surface area contributed by atoms with E-state index in [0.717, 1.165) is 55.9 Å². The summed E-state index contributed by atoms with van der Waals surface area (Å²) < 4.78 is 9.79. The number of nitrogens with one attached hydrogen (secondary N) is 2. The van der Waals surface area contributed by atoms with Crippen molar-refractivity contribution < 1.29 is 4.74 Å². The number of tetrazole rings is 1. The van der Waals surface area contributed by atoms with Gasteiger partial charge in [-0.15, -0.1) is 5.10 Å². The molecule has 5 rings (SSSR count). The molecule has 30 heavy (non-hydrogen) atoms. The van der Waals surface area contributed by atoms with Crippen LogP contribution < -0.4 is 5.32 Å². The fraction of sp³-hybridized carbons (Fsp3) is 0.429. The third-order valence-corrected chi connectivity index (χ3v) is 5.65. The van der Waals surface area contributed by atoms with Crippen molar-refractivity contribution in [2.45, 2.75) is 44.5 Å². The lowest BCUT2D eigenvalue weighted by Gasteiger charge is -2.19. The summed E-state index contributed by atoms with van der Waals surface area (Å²) >= 11 is 0. The molecule has 9 nitrogen and oxygen atoms in total. The summed E-state index contributed by atoms with van der Waals surface area (Å²) in [5.41, 5.74) is 2.26. The van der Waals surface area contributed by atoms with Crippen molar-refractivity contribution >= 4 is 10.9 Å². The first-order valence-corrected chi connectivity index (χ1v) is 10.5. The minimum absolute atomic E-state index is 0.111. The molecule has 1 aliphatic rings. The van der Waals surface area contributed by atoms with Gasteiger partial charge >= 0.3 is 0 Å². The van der Waals surface area contributed by atoms with Crippen molar-refractivity contribution in [3.63, 3.8) is 0 Å². The molecule has 1 saturated heterocycles. The van der Waals surface area contributed by atoms with E-state index in [1.54, 1.807) is 6.20 Å². The third-order valence-electron chi connectivity index (χ3n) is 5.65. The van der Waals surface area contributed by atoms with Gasteiger partial charge in [-0.1, -0.05) is 18.2 Å². The zero-order valence-electron chi connectivity index (χ0n) is 16.8. The first-order chi connectivity index (χ1) is 14.9. The lowest BCUT2D eigenvalue weighted by atomic mass is 10.0. The van der Waals surface area contributed by atoms with Crippen LogP contribution in [0.15, 0.2) is 49.2 Å². The number of imidazole rings is 1. The largest absolute Gasteiger partial charge is 0.376 e. The maximum atomic E-state index is 5.81. The van der Waals surface area contributed by atoms with Gasteiger partial charge in [-0.05, 0) is 42.3 Å². The molecule has 0 amide bonds. The predicted molar refractivity (Wildman–Crippen MR) is 112 cm³/mol. The molecule has 4 heterocycles. The second kappa shape index (κ2) is 8.76. The Balaban J connectivity index is 1.39. The van der Waals surface area contributed by atoms with Crippen LogP contribution in [0.4, 0.5) is 0 Å². The van der Waals surface area contributed by atoms with Gasteiger partial charge in [0.05, 0.1) is 25.0 Å². The van der Waals surface area contributed by atoms with E-state index in [2.05, 4.69) is 59.8 Å². The minimum Gasteiger partial charge on any atom is -0.376 e. The quantitative estimate of drug-likeness (QED) is 0.414. The summed E-state index contributed by atoms with van der Waals surface area (Å²) in [5.74, 6) is 0.817. The zero-order chi connectivity index (χ0) is 20.2. The minimum atomic E-state index is -0.111. The topological polar surface area (TPSA) is 98.5 Å². The van der Waals surface area contributed by atoms with E-state index in [-0.39, 0.29) is 12.1 Å². The van der Waals surface area contributed by atoms with Crippen LogP contribution in [-0.2, 0) is 17.8 Å². The van der Waals surface area contributed by atoms with Crippen molar-refractivity contribution in [2.24, 2.45) is 0 Å². The van der Waals surface area contributed by atoms with Crippen LogP contribution in [-0.4, -0.2) is 54.0 Å². The Morgan fingerprint density at radius 1 is 1.30 bits per heavy atom. The van der Waals surface area contributed by atoms with E-state index in [0.29, 0.717) is 6.54 Å². The van der Waals surface area contributed by atoms with Gasteiger partial charge in [0.1, 0.15) is 0 Å². The SMILES string of the molecule is c1ccc2c(C(NCCCn3ccnc3)c3nnnn3C[C@H]3CCCO3)c[nH]c2c1. The maximum absolute atomic E-state index is 5.81. The van der Waals surface area contributed by atoms with Crippen LogP contribution in [0, 0.1) is 0 Å². The summed E-state index contributed by atoms with van der Waals surface area (Å²) in [7, 11) is 0. The monoisotopic (exact) mass is 406 g/mol.